The van der Waals surface area contributed by atoms with Crippen LogP contribution in [0.3, 0.4) is 0 Å². The van der Waals surface area contributed by atoms with E-state index in [0.29, 0.717) is 12.1 Å². The molecule has 0 heterocycles. The number of hydrogen-bond donors (Lipinski definition) is 1. The van der Waals surface area contributed by atoms with E-state index in [2.05, 4.69) is 25.7 Å². The Morgan fingerprint density at radius 3 is 2.64 bits per heavy atom. The number of unbranched alkanes of at least 4 members (excludes halogenated alkanes) is 1. The Morgan fingerprint density at radius 2 is 2.14 bits per heavy atom. The number of rotatable bonds is 9. The summed E-state index contributed by atoms with van der Waals surface area (Å²) in [5, 5.41) is 3.47. The van der Waals surface area contributed by atoms with Gasteiger partial charge in [-0.05, 0) is 39.7 Å². The van der Waals surface area contributed by atoms with Gasteiger partial charge in [0.05, 0.1) is 6.10 Å². The summed E-state index contributed by atoms with van der Waals surface area (Å²) >= 11 is 0. The summed E-state index contributed by atoms with van der Waals surface area (Å²) in [6.45, 7) is 11.9. The van der Waals surface area contributed by atoms with Gasteiger partial charge in [0.15, 0.2) is 0 Å². The predicted molar refractivity (Wildman–Crippen MR) is 62.6 cm³/mol. The van der Waals surface area contributed by atoms with Crippen molar-refractivity contribution in [2.24, 2.45) is 0 Å². The largest absolute Gasteiger partial charge is 0.377 e. The molecule has 14 heavy (non-hydrogen) atoms. The van der Waals surface area contributed by atoms with E-state index in [0.717, 1.165) is 19.6 Å². The lowest BCUT2D eigenvalue weighted by Gasteiger charge is -2.24. The minimum Gasteiger partial charge on any atom is -0.377 e. The highest BCUT2D eigenvalue weighted by Crippen LogP contribution is 2.08. The van der Waals surface area contributed by atoms with Crippen molar-refractivity contribution in [1.82, 2.24) is 5.32 Å². The van der Waals surface area contributed by atoms with Crippen molar-refractivity contribution in [2.75, 3.05) is 13.2 Å². The lowest BCUT2D eigenvalue weighted by Crippen LogP contribution is -2.39. The zero-order valence-electron chi connectivity index (χ0n) is 9.88. The lowest BCUT2D eigenvalue weighted by molar-refractivity contribution is 0.0452. The second kappa shape index (κ2) is 9.22. The molecule has 0 fully saturated rings. The molecule has 2 nitrogen and oxygen atoms in total. The van der Waals surface area contributed by atoms with Crippen molar-refractivity contribution < 1.29 is 4.74 Å². The molecule has 0 saturated heterocycles. The average Bonchev–Trinajstić information content (AvgIpc) is 2.17. The van der Waals surface area contributed by atoms with Gasteiger partial charge < -0.3 is 10.1 Å². The third kappa shape index (κ3) is 6.17. The molecule has 0 radical (unpaired) electrons. The number of allylic oxidation sites excluding steroid dienone is 1. The number of nitrogens with one attached hydrogen (secondary N) is 1. The van der Waals surface area contributed by atoms with Gasteiger partial charge in [-0.25, -0.2) is 0 Å². The Bertz CT molecular complexity index is 136. The summed E-state index contributed by atoms with van der Waals surface area (Å²) in [7, 11) is 0. The van der Waals surface area contributed by atoms with E-state index in [1.165, 1.54) is 12.8 Å². The summed E-state index contributed by atoms with van der Waals surface area (Å²) in [6.07, 6.45) is 5.75. The van der Waals surface area contributed by atoms with E-state index in [4.69, 9.17) is 4.74 Å². The van der Waals surface area contributed by atoms with Gasteiger partial charge in [0.1, 0.15) is 0 Å². The lowest BCUT2D eigenvalue weighted by atomic mass is 10.0. The highest BCUT2D eigenvalue weighted by molar-refractivity contribution is 4.75. The molecule has 0 bridgehead atoms. The van der Waals surface area contributed by atoms with Crippen molar-refractivity contribution in [2.45, 2.75) is 52.2 Å². The molecule has 0 aliphatic heterocycles. The predicted octanol–water partition coefficient (Wildman–Crippen LogP) is 2.75. The maximum atomic E-state index is 5.60. The summed E-state index contributed by atoms with van der Waals surface area (Å²) in [4.78, 5) is 0. The van der Waals surface area contributed by atoms with Gasteiger partial charge in [0.2, 0.25) is 0 Å². The molecule has 0 spiro atoms. The molecule has 1 N–H and O–H groups in total. The highest BCUT2D eigenvalue weighted by Gasteiger charge is 2.15. The zero-order chi connectivity index (χ0) is 10.8. The van der Waals surface area contributed by atoms with Crippen LogP contribution < -0.4 is 5.32 Å². The SMILES string of the molecule is C=CCCCC(NCC)C(C)OCC. The second-order valence-electron chi connectivity index (χ2n) is 3.54. The van der Waals surface area contributed by atoms with E-state index >= 15 is 0 Å². The van der Waals surface area contributed by atoms with Crippen molar-refractivity contribution in [3.63, 3.8) is 0 Å². The minimum atomic E-state index is 0.310. The Morgan fingerprint density at radius 1 is 1.43 bits per heavy atom. The second-order valence-corrected chi connectivity index (χ2v) is 3.54. The van der Waals surface area contributed by atoms with Gasteiger partial charge in [0, 0.05) is 12.6 Å². The summed E-state index contributed by atoms with van der Waals surface area (Å²) in [5.74, 6) is 0. The summed E-state index contributed by atoms with van der Waals surface area (Å²) in [5.41, 5.74) is 0. The van der Waals surface area contributed by atoms with E-state index < -0.39 is 0 Å². The molecule has 0 aliphatic carbocycles. The fraction of sp³-hybridized carbons (Fsp3) is 0.833. The van der Waals surface area contributed by atoms with Crippen molar-refractivity contribution in [3.8, 4) is 0 Å². The molecule has 0 aromatic heterocycles. The molecule has 84 valence electrons. The minimum absolute atomic E-state index is 0.310. The number of ether oxygens (including phenoxy) is 1. The van der Waals surface area contributed by atoms with Gasteiger partial charge >= 0.3 is 0 Å². The van der Waals surface area contributed by atoms with E-state index in [9.17, 15) is 0 Å². The molecule has 0 rings (SSSR count). The molecule has 2 unspecified atom stereocenters. The van der Waals surface area contributed by atoms with Crippen LogP contribution in [0.15, 0.2) is 12.7 Å². The van der Waals surface area contributed by atoms with Gasteiger partial charge in [-0.1, -0.05) is 13.0 Å². The first kappa shape index (κ1) is 13.7. The molecule has 0 aromatic rings. The van der Waals surface area contributed by atoms with E-state index in [-0.39, 0.29) is 0 Å². The Kier molecular flexibility index (Phi) is 9.00. The van der Waals surface area contributed by atoms with Crippen molar-refractivity contribution >= 4 is 0 Å². The zero-order valence-corrected chi connectivity index (χ0v) is 9.88. The quantitative estimate of drug-likeness (QED) is 0.455. The molecule has 0 saturated carbocycles. The molecule has 2 heteroatoms. The maximum Gasteiger partial charge on any atom is 0.0699 e. The monoisotopic (exact) mass is 199 g/mol. The fourth-order valence-corrected chi connectivity index (χ4v) is 1.63. The third-order valence-electron chi connectivity index (χ3n) is 2.39. The van der Waals surface area contributed by atoms with Gasteiger partial charge in [-0.3, -0.25) is 0 Å². The van der Waals surface area contributed by atoms with Crippen LogP contribution in [0.1, 0.15) is 40.0 Å². The Labute approximate surface area is 88.7 Å². The molecule has 0 aliphatic rings. The van der Waals surface area contributed by atoms with Gasteiger partial charge in [-0.2, -0.15) is 0 Å². The maximum absolute atomic E-state index is 5.60. The van der Waals surface area contributed by atoms with Crippen LogP contribution in [-0.4, -0.2) is 25.3 Å². The first-order chi connectivity index (χ1) is 6.76. The highest BCUT2D eigenvalue weighted by atomic mass is 16.5. The normalized spacial score (nSPS) is 15.1. The standard InChI is InChI=1S/C12H25NO/c1-5-8-9-10-12(13-6-2)11(4)14-7-3/h5,11-13H,1,6-10H2,2-4H3. The third-order valence-corrected chi connectivity index (χ3v) is 2.39. The topological polar surface area (TPSA) is 21.3 Å². The van der Waals surface area contributed by atoms with E-state index in [1.807, 2.05) is 13.0 Å². The molecule has 2 atom stereocenters. The van der Waals surface area contributed by atoms with Crippen LogP contribution >= 0.6 is 0 Å². The Balaban J connectivity index is 3.79. The van der Waals surface area contributed by atoms with Crippen molar-refractivity contribution in [3.05, 3.63) is 12.7 Å². The average molecular weight is 199 g/mol. The van der Waals surface area contributed by atoms with Crippen LogP contribution in [0.25, 0.3) is 0 Å². The molecule has 0 aromatic carbocycles. The molecular formula is C12H25NO. The fourth-order valence-electron chi connectivity index (χ4n) is 1.63. The van der Waals surface area contributed by atoms with Crippen LogP contribution in [0.5, 0.6) is 0 Å². The Hall–Kier alpha value is -0.340. The number of hydrogen-bond acceptors (Lipinski definition) is 2. The van der Waals surface area contributed by atoms with Crippen LogP contribution in [-0.2, 0) is 4.74 Å². The first-order valence-corrected chi connectivity index (χ1v) is 5.72. The summed E-state index contributed by atoms with van der Waals surface area (Å²) < 4.78 is 5.60. The molecule has 0 amide bonds. The number of likely N-dealkylation sites (N-methyl/N-ethyl adjacent to an activating group) is 1. The van der Waals surface area contributed by atoms with Crippen LogP contribution in [0.4, 0.5) is 0 Å². The van der Waals surface area contributed by atoms with Gasteiger partial charge in [-0.15, -0.1) is 6.58 Å². The molecular weight excluding hydrogens is 174 g/mol. The van der Waals surface area contributed by atoms with Crippen molar-refractivity contribution in [1.29, 1.82) is 0 Å². The van der Waals surface area contributed by atoms with Gasteiger partial charge in [0.25, 0.3) is 0 Å². The smallest absolute Gasteiger partial charge is 0.0699 e. The van der Waals surface area contributed by atoms with E-state index in [1.54, 1.807) is 0 Å². The van der Waals surface area contributed by atoms with Crippen LogP contribution in [0.2, 0.25) is 0 Å². The summed E-state index contributed by atoms with van der Waals surface area (Å²) in [6, 6.07) is 0.486. The van der Waals surface area contributed by atoms with Crippen LogP contribution in [0, 0.1) is 0 Å². The first-order valence-electron chi connectivity index (χ1n) is 5.72.